The molecule has 0 fully saturated rings. The third-order valence-corrected chi connectivity index (χ3v) is 5.40. The highest BCUT2D eigenvalue weighted by atomic mass is 16.1. The van der Waals surface area contributed by atoms with E-state index in [4.69, 9.17) is 0 Å². The first-order valence-corrected chi connectivity index (χ1v) is 11.0. The van der Waals surface area contributed by atoms with Crippen LogP contribution in [0.2, 0.25) is 0 Å². The molecule has 3 heteroatoms. The van der Waals surface area contributed by atoms with Crippen molar-refractivity contribution < 1.29 is 0 Å². The van der Waals surface area contributed by atoms with Crippen LogP contribution in [-0.4, -0.2) is 9.13 Å². The van der Waals surface area contributed by atoms with Crippen molar-refractivity contribution in [1.29, 1.82) is 0 Å². The molecule has 0 amide bonds. The number of rotatable bonds is 14. The van der Waals surface area contributed by atoms with Crippen molar-refractivity contribution in [2.24, 2.45) is 0 Å². The molecule has 1 aromatic carbocycles. The smallest absolute Gasteiger partial charge is 0.292 e. The van der Waals surface area contributed by atoms with Crippen molar-refractivity contribution >= 4 is 11.0 Å². The fraction of sp³-hybridized carbons (Fsp3) is 0.696. The maximum atomic E-state index is 12.9. The van der Waals surface area contributed by atoms with E-state index in [2.05, 4.69) is 38.1 Å². The minimum Gasteiger partial charge on any atom is -0.292 e. The SMILES string of the molecule is CCCCCCCCn1c(=O)n(CCCCCCCC)c2ccccc21. The predicted molar refractivity (Wildman–Crippen MR) is 113 cm³/mol. The summed E-state index contributed by atoms with van der Waals surface area (Å²) in [4.78, 5) is 12.9. The lowest BCUT2D eigenvalue weighted by molar-refractivity contribution is 0.527. The number of aryl methyl sites for hydroxylation is 2. The van der Waals surface area contributed by atoms with Crippen LogP contribution < -0.4 is 5.69 Å². The van der Waals surface area contributed by atoms with E-state index >= 15 is 0 Å². The van der Waals surface area contributed by atoms with Gasteiger partial charge in [-0.25, -0.2) is 4.79 Å². The van der Waals surface area contributed by atoms with E-state index in [0.717, 1.165) is 37.0 Å². The maximum Gasteiger partial charge on any atom is 0.329 e. The second-order valence-corrected chi connectivity index (χ2v) is 7.61. The number of hydrogen-bond acceptors (Lipinski definition) is 1. The fourth-order valence-corrected chi connectivity index (χ4v) is 3.81. The second kappa shape index (κ2) is 12.0. The van der Waals surface area contributed by atoms with Crippen LogP contribution in [0.4, 0.5) is 0 Å². The Morgan fingerprint density at radius 3 is 1.42 bits per heavy atom. The van der Waals surface area contributed by atoms with E-state index in [9.17, 15) is 4.79 Å². The quantitative estimate of drug-likeness (QED) is 0.353. The van der Waals surface area contributed by atoms with E-state index in [1.807, 2.05) is 9.13 Å². The van der Waals surface area contributed by atoms with Gasteiger partial charge in [0.1, 0.15) is 0 Å². The van der Waals surface area contributed by atoms with Crippen LogP contribution in [0, 0.1) is 0 Å². The van der Waals surface area contributed by atoms with Gasteiger partial charge in [-0.2, -0.15) is 0 Å². The molecular formula is C23H38N2O. The molecule has 1 heterocycles. The molecule has 2 aromatic rings. The first kappa shape index (κ1) is 20.8. The average molecular weight is 359 g/mol. The number of benzene rings is 1. The summed E-state index contributed by atoms with van der Waals surface area (Å²) in [6.45, 7) is 6.21. The van der Waals surface area contributed by atoms with E-state index in [-0.39, 0.29) is 5.69 Å². The maximum absolute atomic E-state index is 12.9. The molecule has 0 aliphatic carbocycles. The Hall–Kier alpha value is -1.51. The molecule has 2 rings (SSSR count). The summed E-state index contributed by atoms with van der Waals surface area (Å²) in [5.41, 5.74) is 2.40. The van der Waals surface area contributed by atoms with Crippen LogP contribution in [0.25, 0.3) is 11.0 Å². The van der Waals surface area contributed by atoms with Crippen LogP contribution in [0.15, 0.2) is 29.1 Å². The normalized spacial score (nSPS) is 11.5. The number of hydrogen-bond donors (Lipinski definition) is 0. The summed E-state index contributed by atoms with van der Waals surface area (Å²) in [5.74, 6) is 0. The van der Waals surface area contributed by atoms with E-state index in [1.54, 1.807) is 0 Å². The van der Waals surface area contributed by atoms with Crippen molar-refractivity contribution in [3.63, 3.8) is 0 Å². The zero-order chi connectivity index (χ0) is 18.6. The molecule has 0 spiro atoms. The summed E-state index contributed by atoms with van der Waals surface area (Å²) in [7, 11) is 0. The summed E-state index contributed by atoms with van der Waals surface area (Å²) >= 11 is 0. The van der Waals surface area contributed by atoms with Gasteiger partial charge in [-0.1, -0.05) is 90.2 Å². The molecule has 0 saturated carbocycles. The molecule has 0 N–H and O–H groups in total. The number of nitrogens with zero attached hydrogens (tertiary/aromatic N) is 2. The first-order chi connectivity index (χ1) is 12.8. The van der Waals surface area contributed by atoms with Gasteiger partial charge < -0.3 is 0 Å². The zero-order valence-corrected chi connectivity index (χ0v) is 17.0. The van der Waals surface area contributed by atoms with E-state index in [1.165, 1.54) is 64.2 Å². The molecule has 1 aromatic heterocycles. The third kappa shape index (κ3) is 6.03. The number of aromatic nitrogens is 2. The van der Waals surface area contributed by atoms with Crippen molar-refractivity contribution in [3.8, 4) is 0 Å². The van der Waals surface area contributed by atoms with Gasteiger partial charge in [0, 0.05) is 13.1 Å². The van der Waals surface area contributed by atoms with E-state index in [0.29, 0.717) is 0 Å². The molecule has 0 atom stereocenters. The lowest BCUT2D eigenvalue weighted by Crippen LogP contribution is -2.24. The van der Waals surface area contributed by atoms with Crippen LogP contribution in [0.3, 0.4) is 0 Å². The molecule has 26 heavy (non-hydrogen) atoms. The first-order valence-electron chi connectivity index (χ1n) is 11.0. The zero-order valence-electron chi connectivity index (χ0n) is 17.0. The molecule has 0 bridgehead atoms. The van der Waals surface area contributed by atoms with Gasteiger partial charge in [-0.15, -0.1) is 0 Å². The Labute approximate surface area is 159 Å². The molecule has 0 aliphatic heterocycles. The van der Waals surface area contributed by atoms with Crippen LogP contribution in [0.5, 0.6) is 0 Å². The lowest BCUT2D eigenvalue weighted by atomic mass is 10.1. The number of imidazole rings is 1. The predicted octanol–water partition coefficient (Wildman–Crippen LogP) is 6.52. The Morgan fingerprint density at radius 1 is 0.615 bits per heavy atom. The minimum atomic E-state index is 0.188. The van der Waals surface area contributed by atoms with Gasteiger partial charge in [0.15, 0.2) is 0 Å². The van der Waals surface area contributed by atoms with Gasteiger partial charge in [-0.3, -0.25) is 9.13 Å². The van der Waals surface area contributed by atoms with Crippen LogP contribution in [-0.2, 0) is 13.1 Å². The highest BCUT2D eigenvalue weighted by molar-refractivity contribution is 5.75. The molecule has 0 aliphatic rings. The molecule has 0 saturated heterocycles. The highest BCUT2D eigenvalue weighted by Gasteiger charge is 2.12. The van der Waals surface area contributed by atoms with Gasteiger partial charge in [0.2, 0.25) is 0 Å². The standard InChI is InChI=1S/C23H38N2O/c1-3-5-7-9-11-15-19-24-21-17-13-14-18-22(21)25(23(24)26)20-16-12-10-8-6-4-2/h13-14,17-18H,3-12,15-16,19-20H2,1-2H3. The summed E-state index contributed by atoms with van der Waals surface area (Å²) in [5, 5.41) is 0. The minimum absolute atomic E-state index is 0.188. The van der Waals surface area contributed by atoms with Gasteiger partial charge in [0.25, 0.3) is 0 Å². The van der Waals surface area contributed by atoms with Crippen LogP contribution in [0.1, 0.15) is 90.9 Å². The average Bonchev–Trinajstić information content (AvgIpc) is 2.93. The Balaban J connectivity index is 1.95. The fourth-order valence-electron chi connectivity index (χ4n) is 3.81. The topological polar surface area (TPSA) is 26.9 Å². The molecule has 0 radical (unpaired) electrons. The molecular weight excluding hydrogens is 320 g/mol. The number of fused-ring (bicyclic) bond motifs is 1. The number of para-hydroxylation sites is 2. The summed E-state index contributed by atoms with van der Waals surface area (Å²) in [6.07, 6.45) is 15.1. The van der Waals surface area contributed by atoms with Gasteiger partial charge in [-0.05, 0) is 25.0 Å². The van der Waals surface area contributed by atoms with Crippen molar-refractivity contribution in [3.05, 3.63) is 34.7 Å². The summed E-state index contributed by atoms with van der Waals surface area (Å²) in [6, 6.07) is 8.31. The Kier molecular flexibility index (Phi) is 9.58. The largest absolute Gasteiger partial charge is 0.329 e. The third-order valence-electron chi connectivity index (χ3n) is 5.40. The van der Waals surface area contributed by atoms with Gasteiger partial charge >= 0.3 is 5.69 Å². The molecule has 3 nitrogen and oxygen atoms in total. The van der Waals surface area contributed by atoms with Crippen LogP contribution >= 0.6 is 0 Å². The highest BCUT2D eigenvalue weighted by Crippen LogP contribution is 2.16. The summed E-state index contributed by atoms with van der Waals surface area (Å²) < 4.78 is 4.01. The van der Waals surface area contributed by atoms with Crippen molar-refractivity contribution in [2.45, 2.75) is 104 Å². The number of unbranched alkanes of at least 4 members (excludes halogenated alkanes) is 10. The Bertz CT molecular complexity index is 627. The van der Waals surface area contributed by atoms with Crippen molar-refractivity contribution in [1.82, 2.24) is 9.13 Å². The molecule has 0 unspecified atom stereocenters. The van der Waals surface area contributed by atoms with Gasteiger partial charge in [0.05, 0.1) is 11.0 Å². The second-order valence-electron chi connectivity index (χ2n) is 7.61. The van der Waals surface area contributed by atoms with Crippen molar-refractivity contribution in [2.75, 3.05) is 0 Å². The lowest BCUT2D eigenvalue weighted by Gasteiger charge is -2.04. The van der Waals surface area contributed by atoms with E-state index < -0.39 is 0 Å². The monoisotopic (exact) mass is 358 g/mol. The molecule has 146 valence electrons. The Morgan fingerprint density at radius 2 is 1.00 bits per heavy atom.